The van der Waals surface area contributed by atoms with Crippen LogP contribution in [0.2, 0.25) is 0 Å². The number of anilines is 1. The molecule has 21 heavy (non-hydrogen) atoms. The average Bonchev–Trinajstić information content (AvgIpc) is 2.48. The summed E-state index contributed by atoms with van der Waals surface area (Å²) < 4.78 is 18.3. The Balaban J connectivity index is 1.99. The molecule has 0 fully saturated rings. The molecule has 1 aromatic carbocycles. The van der Waals surface area contributed by atoms with Crippen LogP contribution >= 0.6 is 0 Å². The van der Waals surface area contributed by atoms with Crippen LogP contribution in [0.15, 0.2) is 42.6 Å². The van der Waals surface area contributed by atoms with Crippen molar-refractivity contribution in [3.8, 4) is 0 Å². The summed E-state index contributed by atoms with van der Waals surface area (Å²) in [5.74, 6) is -2.17. The summed E-state index contributed by atoms with van der Waals surface area (Å²) >= 11 is 0. The lowest BCUT2D eigenvalue weighted by Gasteiger charge is -2.08. The van der Waals surface area contributed by atoms with Crippen LogP contribution in [-0.2, 0) is 11.3 Å². The van der Waals surface area contributed by atoms with Gasteiger partial charge in [0.05, 0.1) is 11.9 Å². The highest BCUT2D eigenvalue weighted by molar-refractivity contribution is 5.89. The highest BCUT2D eigenvalue weighted by Crippen LogP contribution is 2.14. The quantitative estimate of drug-likeness (QED) is 0.903. The van der Waals surface area contributed by atoms with Gasteiger partial charge in [0.25, 0.3) is 0 Å². The third kappa shape index (κ3) is 4.00. The number of nitrogens with one attached hydrogen (secondary N) is 1. The molecule has 0 saturated carbocycles. The van der Waals surface area contributed by atoms with Gasteiger partial charge in [-0.05, 0) is 11.6 Å². The van der Waals surface area contributed by atoms with Crippen molar-refractivity contribution in [3.63, 3.8) is 0 Å². The number of aromatic nitrogens is 1. The number of ether oxygens (including phenoxy) is 1. The van der Waals surface area contributed by atoms with E-state index in [0.717, 1.165) is 17.8 Å². The standard InChI is InChI=1S/C14H11FN2O4/c15-10-7-16-12(13(18)19)6-11(10)17-14(20)21-8-9-4-2-1-3-5-9/h1-7H,8H2,(H,18,19)(H,16,17,20). The van der Waals surface area contributed by atoms with Crippen LogP contribution in [0.25, 0.3) is 0 Å². The van der Waals surface area contributed by atoms with Gasteiger partial charge in [0, 0.05) is 0 Å². The molecule has 6 nitrogen and oxygen atoms in total. The molecule has 0 aliphatic carbocycles. The maximum Gasteiger partial charge on any atom is 0.412 e. The Hall–Kier alpha value is -2.96. The zero-order chi connectivity index (χ0) is 15.2. The number of amides is 1. The van der Waals surface area contributed by atoms with Crippen LogP contribution in [-0.4, -0.2) is 22.2 Å². The number of nitrogens with zero attached hydrogens (tertiary/aromatic N) is 1. The number of carboxylic acids is 1. The predicted octanol–water partition coefficient (Wildman–Crippen LogP) is 2.67. The van der Waals surface area contributed by atoms with E-state index in [4.69, 9.17) is 9.84 Å². The summed E-state index contributed by atoms with van der Waals surface area (Å²) in [6, 6.07) is 9.85. The van der Waals surface area contributed by atoms with E-state index < -0.39 is 17.9 Å². The molecule has 7 heteroatoms. The Labute approximate surface area is 119 Å². The molecule has 2 N–H and O–H groups in total. The zero-order valence-corrected chi connectivity index (χ0v) is 10.7. The third-order valence-electron chi connectivity index (χ3n) is 2.52. The number of pyridine rings is 1. The number of aromatic carboxylic acids is 1. The SMILES string of the molecule is O=C(Nc1cc(C(=O)O)ncc1F)OCc1ccccc1. The average molecular weight is 290 g/mol. The van der Waals surface area contributed by atoms with Crippen LogP contribution in [0, 0.1) is 5.82 Å². The first-order valence-corrected chi connectivity index (χ1v) is 5.93. The van der Waals surface area contributed by atoms with Crippen molar-refractivity contribution in [1.82, 2.24) is 4.98 Å². The molecule has 2 aromatic rings. The highest BCUT2D eigenvalue weighted by atomic mass is 19.1. The van der Waals surface area contributed by atoms with Gasteiger partial charge in [-0.1, -0.05) is 30.3 Å². The Morgan fingerprint density at radius 1 is 1.29 bits per heavy atom. The summed E-state index contributed by atoms with van der Waals surface area (Å²) in [6.45, 7) is 0.0190. The van der Waals surface area contributed by atoms with Gasteiger partial charge in [-0.3, -0.25) is 5.32 Å². The molecule has 2 rings (SSSR count). The van der Waals surface area contributed by atoms with Gasteiger partial charge in [0.1, 0.15) is 12.3 Å². The molecule has 0 atom stereocenters. The van der Waals surface area contributed by atoms with Crippen molar-refractivity contribution >= 4 is 17.7 Å². The molecule has 0 aliphatic rings. The van der Waals surface area contributed by atoms with Gasteiger partial charge in [0.15, 0.2) is 5.82 Å². The first-order chi connectivity index (χ1) is 10.1. The number of rotatable bonds is 4. The van der Waals surface area contributed by atoms with Gasteiger partial charge in [-0.15, -0.1) is 0 Å². The lowest BCUT2D eigenvalue weighted by molar-refractivity contribution is 0.0690. The van der Waals surface area contributed by atoms with Crippen molar-refractivity contribution in [1.29, 1.82) is 0 Å². The maximum absolute atomic E-state index is 13.4. The fraction of sp³-hybridized carbons (Fsp3) is 0.0714. The van der Waals surface area contributed by atoms with E-state index in [0.29, 0.717) is 0 Å². The van der Waals surface area contributed by atoms with E-state index in [1.54, 1.807) is 24.3 Å². The largest absolute Gasteiger partial charge is 0.477 e. The summed E-state index contributed by atoms with van der Waals surface area (Å²) in [5, 5.41) is 10.9. The van der Waals surface area contributed by atoms with E-state index in [1.165, 1.54) is 0 Å². The van der Waals surface area contributed by atoms with Crippen molar-refractivity contribution in [2.45, 2.75) is 6.61 Å². The van der Waals surface area contributed by atoms with E-state index in [9.17, 15) is 14.0 Å². The molecule has 1 aromatic heterocycles. The first-order valence-electron chi connectivity index (χ1n) is 5.93. The van der Waals surface area contributed by atoms with E-state index in [2.05, 4.69) is 10.3 Å². The second-order valence-electron chi connectivity index (χ2n) is 4.04. The first kappa shape index (κ1) is 14.4. The minimum Gasteiger partial charge on any atom is -0.477 e. The molecule has 108 valence electrons. The van der Waals surface area contributed by atoms with Gasteiger partial charge < -0.3 is 9.84 Å². The fourth-order valence-corrected chi connectivity index (χ4v) is 1.52. The monoisotopic (exact) mass is 290 g/mol. The second kappa shape index (κ2) is 6.47. The molecule has 0 radical (unpaired) electrons. The zero-order valence-electron chi connectivity index (χ0n) is 10.7. The molecule has 0 unspecified atom stereocenters. The number of carboxylic acid groups (broad SMARTS) is 1. The molecule has 0 aliphatic heterocycles. The summed E-state index contributed by atoms with van der Waals surface area (Å²) in [4.78, 5) is 25.7. The lowest BCUT2D eigenvalue weighted by Crippen LogP contribution is -2.15. The Morgan fingerprint density at radius 2 is 2.00 bits per heavy atom. The minimum atomic E-state index is -1.32. The number of hydrogen-bond acceptors (Lipinski definition) is 4. The van der Waals surface area contributed by atoms with Crippen molar-refractivity contribution in [3.05, 3.63) is 59.7 Å². The molecular formula is C14H11FN2O4. The minimum absolute atomic E-state index is 0.0190. The smallest absolute Gasteiger partial charge is 0.412 e. The van der Waals surface area contributed by atoms with E-state index >= 15 is 0 Å². The second-order valence-corrected chi connectivity index (χ2v) is 4.04. The number of carbonyl (C=O) groups is 2. The number of benzene rings is 1. The van der Waals surface area contributed by atoms with Crippen molar-refractivity contribution < 1.29 is 23.8 Å². The Morgan fingerprint density at radius 3 is 2.67 bits per heavy atom. The lowest BCUT2D eigenvalue weighted by atomic mass is 10.2. The molecule has 0 saturated heterocycles. The maximum atomic E-state index is 13.4. The molecule has 0 bridgehead atoms. The third-order valence-corrected chi connectivity index (χ3v) is 2.52. The molecule has 1 heterocycles. The van der Waals surface area contributed by atoms with Crippen LogP contribution in [0.3, 0.4) is 0 Å². The molecule has 1 amide bonds. The number of hydrogen-bond donors (Lipinski definition) is 2. The number of carbonyl (C=O) groups excluding carboxylic acids is 1. The molecular weight excluding hydrogens is 279 g/mol. The summed E-state index contributed by atoms with van der Waals surface area (Å²) in [5.41, 5.74) is 0.0873. The van der Waals surface area contributed by atoms with E-state index in [-0.39, 0.29) is 18.0 Å². The van der Waals surface area contributed by atoms with Crippen LogP contribution in [0.5, 0.6) is 0 Å². The molecule has 0 spiro atoms. The van der Waals surface area contributed by atoms with E-state index in [1.807, 2.05) is 6.07 Å². The van der Waals surface area contributed by atoms with Gasteiger partial charge in [-0.25, -0.2) is 19.0 Å². The topological polar surface area (TPSA) is 88.5 Å². The Bertz CT molecular complexity index is 661. The normalized spacial score (nSPS) is 9.95. The van der Waals surface area contributed by atoms with Crippen LogP contribution < -0.4 is 5.32 Å². The Kier molecular flexibility index (Phi) is 4.45. The predicted molar refractivity (Wildman–Crippen MR) is 71.4 cm³/mol. The highest BCUT2D eigenvalue weighted by Gasteiger charge is 2.13. The van der Waals surface area contributed by atoms with Gasteiger partial charge >= 0.3 is 12.1 Å². The van der Waals surface area contributed by atoms with Crippen LogP contribution in [0.4, 0.5) is 14.9 Å². The van der Waals surface area contributed by atoms with Crippen molar-refractivity contribution in [2.24, 2.45) is 0 Å². The van der Waals surface area contributed by atoms with Gasteiger partial charge in [0.2, 0.25) is 0 Å². The summed E-state index contributed by atoms with van der Waals surface area (Å²) in [7, 11) is 0. The van der Waals surface area contributed by atoms with Crippen molar-refractivity contribution in [2.75, 3.05) is 5.32 Å². The van der Waals surface area contributed by atoms with Gasteiger partial charge in [-0.2, -0.15) is 0 Å². The van der Waals surface area contributed by atoms with Crippen LogP contribution in [0.1, 0.15) is 16.1 Å². The number of halogens is 1. The summed E-state index contributed by atoms with van der Waals surface area (Å²) in [6.07, 6.45) is -0.170. The fourth-order valence-electron chi connectivity index (χ4n) is 1.52.